The molecule has 0 saturated heterocycles. The number of hydrogen-bond donors (Lipinski definition) is 2. The highest BCUT2D eigenvalue weighted by atomic mass is 32.2. The summed E-state index contributed by atoms with van der Waals surface area (Å²) in [6, 6.07) is 3.35. The Labute approximate surface area is 104 Å². The number of benzene rings is 1. The zero-order valence-electron chi connectivity index (χ0n) is 9.49. The van der Waals surface area contributed by atoms with E-state index in [1.54, 1.807) is 23.9 Å². The zero-order chi connectivity index (χ0) is 12.3. The van der Waals surface area contributed by atoms with Gasteiger partial charge in [0.25, 0.3) is 0 Å². The van der Waals surface area contributed by atoms with Crippen molar-refractivity contribution >= 4 is 29.0 Å². The van der Waals surface area contributed by atoms with E-state index >= 15 is 0 Å². The molecule has 3 N–H and O–H groups in total. The van der Waals surface area contributed by atoms with Crippen LogP contribution < -0.4 is 20.5 Å². The van der Waals surface area contributed by atoms with E-state index in [1.165, 1.54) is 0 Å². The summed E-state index contributed by atoms with van der Waals surface area (Å²) in [5.74, 6) is 1.96. The summed E-state index contributed by atoms with van der Waals surface area (Å²) in [7, 11) is 0. The van der Waals surface area contributed by atoms with Gasteiger partial charge in [-0.1, -0.05) is 0 Å². The first-order chi connectivity index (χ1) is 8.20. The number of carbonyl (C=O) groups excluding carboxylic acids is 1. The Balaban J connectivity index is 2.08. The maximum atomic E-state index is 11.6. The maximum Gasteiger partial charge on any atom is 0.231 e. The van der Waals surface area contributed by atoms with Crippen molar-refractivity contribution in [1.29, 1.82) is 0 Å². The molecule has 1 aromatic carbocycles. The summed E-state index contributed by atoms with van der Waals surface area (Å²) in [6.07, 6.45) is 2.43. The lowest BCUT2D eigenvalue weighted by atomic mass is 10.2. The van der Waals surface area contributed by atoms with Crippen molar-refractivity contribution in [3.05, 3.63) is 12.1 Å². The molecular formula is C11H14N2O3S. The summed E-state index contributed by atoms with van der Waals surface area (Å²) in [5, 5.41) is 2.76. The van der Waals surface area contributed by atoms with Gasteiger partial charge in [0.1, 0.15) is 0 Å². The fraction of sp³-hybridized carbons (Fsp3) is 0.364. The van der Waals surface area contributed by atoms with Crippen molar-refractivity contribution in [3.63, 3.8) is 0 Å². The van der Waals surface area contributed by atoms with Crippen LogP contribution in [-0.2, 0) is 4.79 Å². The van der Waals surface area contributed by atoms with Gasteiger partial charge in [0, 0.05) is 24.3 Å². The SMILES string of the molecule is CSCCC(=O)Nc1cc2c(cc1N)OCO2. The van der Waals surface area contributed by atoms with Crippen molar-refractivity contribution in [3.8, 4) is 11.5 Å². The Kier molecular flexibility index (Phi) is 3.63. The molecule has 0 spiro atoms. The van der Waals surface area contributed by atoms with Gasteiger partial charge in [-0.25, -0.2) is 0 Å². The Morgan fingerprint density at radius 3 is 2.88 bits per heavy atom. The van der Waals surface area contributed by atoms with Crippen LogP contribution >= 0.6 is 11.8 Å². The largest absolute Gasteiger partial charge is 0.454 e. The molecule has 0 saturated carbocycles. The van der Waals surface area contributed by atoms with E-state index in [4.69, 9.17) is 15.2 Å². The second kappa shape index (κ2) is 5.18. The number of thioether (sulfide) groups is 1. The average molecular weight is 254 g/mol. The fourth-order valence-corrected chi connectivity index (χ4v) is 1.86. The van der Waals surface area contributed by atoms with E-state index in [9.17, 15) is 4.79 Å². The van der Waals surface area contributed by atoms with Gasteiger partial charge in [-0.05, 0) is 6.26 Å². The van der Waals surface area contributed by atoms with E-state index in [1.807, 2.05) is 6.26 Å². The minimum atomic E-state index is -0.0510. The number of ether oxygens (including phenoxy) is 2. The Hall–Kier alpha value is -1.56. The Bertz CT molecular complexity index is 437. The molecule has 1 aromatic rings. The van der Waals surface area contributed by atoms with E-state index in [0.29, 0.717) is 29.3 Å². The molecule has 0 radical (unpaired) electrons. The quantitative estimate of drug-likeness (QED) is 0.800. The zero-order valence-corrected chi connectivity index (χ0v) is 10.3. The molecule has 6 heteroatoms. The number of amides is 1. The number of carbonyl (C=O) groups is 1. The van der Waals surface area contributed by atoms with Gasteiger partial charge in [-0.3, -0.25) is 4.79 Å². The molecule has 0 aromatic heterocycles. The second-order valence-electron chi connectivity index (χ2n) is 3.58. The highest BCUT2D eigenvalue weighted by Crippen LogP contribution is 2.38. The third kappa shape index (κ3) is 2.76. The van der Waals surface area contributed by atoms with Crippen LogP contribution in [0.15, 0.2) is 12.1 Å². The highest BCUT2D eigenvalue weighted by molar-refractivity contribution is 7.98. The minimum absolute atomic E-state index is 0.0510. The van der Waals surface area contributed by atoms with Crippen molar-refractivity contribution in [1.82, 2.24) is 0 Å². The first-order valence-corrected chi connectivity index (χ1v) is 6.58. The van der Waals surface area contributed by atoms with Crippen LogP contribution in [0.3, 0.4) is 0 Å². The first kappa shape index (κ1) is 11.9. The molecule has 17 heavy (non-hydrogen) atoms. The monoisotopic (exact) mass is 254 g/mol. The Morgan fingerprint density at radius 2 is 2.18 bits per heavy atom. The number of nitrogens with two attached hydrogens (primary N) is 1. The van der Waals surface area contributed by atoms with Crippen LogP contribution in [-0.4, -0.2) is 24.7 Å². The van der Waals surface area contributed by atoms with Gasteiger partial charge in [0.2, 0.25) is 12.7 Å². The van der Waals surface area contributed by atoms with Crippen molar-refractivity contribution < 1.29 is 14.3 Å². The predicted octanol–water partition coefficient (Wildman–Crippen LogP) is 1.69. The lowest BCUT2D eigenvalue weighted by molar-refractivity contribution is -0.115. The fourth-order valence-electron chi connectivity index (χ4n) is 1.47. The van der Waals surface area contributed by atoms with Crippen molar-refractivity contribution in [2.24, 2.45) is 0 Å². The highest BCUT2D eigenvalue weighted by Gasteiger charge is 2.16. The summed E-state index contributed by atoms with van der Waals surface area (Å²) >= 11 is 1.63. The molecule has 0 atom stereocenters. The predicted molar refractivity (Wildman–Crippen MR) is 68.6 cm³/mol. The van der Waals surface area contributed by atoms with Crippen LogP contribution in [0, 0.1) is 0 Å². The lowest BCUT2D eigenvalue weighted by Crippen LogP contribution is -2.13. The molecule has 2 rings (SSSR count). The lowest BCUT2D eigenvalue weighted by Gasteiger charge is -2.08. The molecule has 0 unspecified atom stereocenters. The topological polar surface area (TPSA) is 73.6 Å². The van der Waals surface area contributed by atoms with Gasteiger partial charge in [0.05, 0.1) is 11.4 Å². The smallest absolute Gasteiger partial charge is 0.231 e. The molecular weight excluding hydrogens is 240 g/mol. The standard InChI is InChI=1S/C11H14N2O3S/c1-17-3-2-11(14)13-8-5-10-9(4-7(8)12)15-6-16-10/h4-5H,2-3,6,12H2,1H3,(H,13,14). The third-order valence-electron chi connectivity index (χ3n) is 2.35. The number of fused-ring (bicyclic) bond motifs is 1. The summed E-state index contributed by atoms with van der Waals surface area (Å²) in [6.45, 7) is 0.193. The van der Waals surface area contributed by atoms with Crippen LogP contribution in [0.25, 0.3) is 0 Å². The molecule has 0 bridgehead atoms. The summed E-state index contributed by atoms with van der Waals surface area (Å²) in [4.78, 5) is 11.6. The molecule has 1 heterocycles. The summed E-state index contributed by atoms with van der Waals surface area (Å²) in [5.41, 5.74) is 6.86. The van der Waals surface area contributed by atoms with E-state index in [0.717, 1.165) is 5.75 Å². The number of hydrogen-bond acceptors (Lipinski definition) is 5. The Morgan fingerprint density at radius 1 is 1.47 bits per heavy atom. The molecule has 1 aliphatic rings. The molecule has 5 nitrogen and oxygen atoms in total. The van der Waals surface area contributed by atoms with E-state index in [2.05, 4.69) is 5.32 Å². The van der Waals surface area contributed by atoms with Crippen LogP contribution in [0.1, 0.15) is 6.42 Å². The number of nitrogen functional groups attached to an aromatic ring is 1. The molecule has 92 valence electrons. The number of rotatable bonds is 4. The number of anilines is 2. The van der Waals surface area contributed by atoms with E-state index < -0.39 is 0 Å². The van der Waals surface area contributed by atoms with Crippen molar-refractivity contribution in [2.45, 2.75) is 6.42 Å². The first-order valence-electron chi connectivity index (χ1n) is 5.18. The van der Waals surface area contributed by atoms with Gasteiger partial charge >= 0.3 is 0 Å². The molecule has 0 fully saturated rings. The van der Waals surface area contributed by atoms with Crippen LogP contribution in [0.2, 0.25) is 0 Å². The van der Waals surface area contributed by atoms with Crippen LogP contribution in [0.5, 0.6) is 11.5 Å². The second-order valence-corrected chi connectivity index (χ2v) is 4.57. The normalized spacial score (nSPS) is 12.5. The molecule has 1 aliphatic heterocycles. The minimum Gasteiger partial charge on any atom is -0.454 e. The summed E-state index contributed by atoms with van der Waals surface area (Å²) < 4.78 is 10.4. The van der Waals surface area contributed by atoms with Gasteiger partial charge in [-0.2, -0.15) is 11.8 Å². The molecule has 0 aliphatic carbocycles. The van der Waals surface area contributed by atoms with Crippen LogP contribution in [0.4, 0.5) is 11.4 Å². The van der Waals surface area contributed by atoms with E-state index in [-0.39, 0.29) is 12.7 Å². The van der Waals surface area contributed by atoms with Gasteiger partial charge in [-0.15, -0.1) is 0 Å². The van der Waals surface area contributed by atoms with Gasteiger partial charge in [0.15, 0.2) is 11.5 Å². The third-order valence-corrected chi connectivity index (χ3v) is 2.96. The number of nitrogens with one attached hydrogen (secondary N) is 1. The van der Waals surface area contributed by atoms with Gasteiger partial charge < -0.3 is 20.5 Å². The van der Waals surface area contributed by atoms with Crippen molar-refractivity contribution in [2.75, 3.05) is 29.9 Å². The average Bonchev–Trinajstić information content (AvgIpc) is 2.74. The maximum absolute atomic E-state index is 11.6. The molecule has 1 amide bonds.